The lowest BCUT2D eigenvalue weighted by molar-refractivity contribution is -0.122. The molecule has 3 heteroatoms. The molecule has 0 aromatic heterocycles. The van der Waals surface area contributed by atoms with Gasteiger partial charge in [-0.2, -0.15) is 0 Å². The van der Waals surface area contributed by atoms with Gasteiger partial charge in [0.05, 0.1) is 12.5 Å². The number of nitrogens with two attached hydrogens (primary N) is 1. The number of carbonyl (C=O) groups is 1. The summed E-state index contributed by atoms with van der Waals surface area (Å²) in [4.78, 5) is 11.1. The van der Waals surface area contributed by atoms with Gasteiger partial charge < -0.3 is 10.5 Å². The largest absolute Gasteiger partial charge is 0.493 e. The normalized spacial score (nSPS) is 12.1. The summed E-state index contributed by atoms with van der Waals surface area (Å²) in [6.45, 7) is 2.39. The Morgan fingerprint density at radius 3 is 2.60 bits per heavy atom. The zero-order valence-electron chi connectivity index (χ0n) is 8.98. The minimum absolute atomic E-state index is 0.185. The first-order chi connectivity index (χ1) is 7.24. The molecule has 3 nitrogen and oxygen atoms in total. The number of hydrogen-bond donors (Lipinski definition) is 1. The van der Waals surface area contributed by atoms with Crippen LogP contribution in [-0.4, -0.2) is 12.5 Å². The monoisotopic (exact) mass is 207 g/mol. The van der Waals surface area contributed by atoms with Crippen molar-refractivity contribution >= 4 is 5.91 Å². The smallest absolute Gasteiger partial charge is 0.223 e. The number of primary amides is 1. The fourth-order valence-corrected chi connectivity index (χ4v) is 1.37. The number of hydrogen-bond acceptors (Lipinski definition) is 2. The van der Waals surface area contributed by atoms with Gasteiger partial charge in [-0.25, -0.2) is 0 Å². The number of ether oxygens (including phenoxy) is 1. The Labute approximate surface area is 90.2 Å². The topological polar surface area (TPSA) is 52.3 Å². The molecule has 0 fully saturated rings. The maximum absolute atomic E-state index is 11.1. The SMILES string of the molecule is CCCC(COc1ccccc1)C(N)=O. The molecular weight excluding hydrogens is 190 g/mol. The first kappa shape index (κ1) is 11.6. The molecule has 0 saturated carbocycles. The van der Waals surface area contributed by atoms with Crippen molar-refractivity contribution in [2.45, 2.75) is 19.8 Å². The lowest BCUT2D eigenvalue weighted by atomic mass is 10.0. The molecule has 0 aliphatic heterocycles. The molecule has 1 unspecified atom stereocenters. The highest BCUT2D eigenvalue weighted by Crippen LogP contribution is 2.12. The average molecular weight is 207 g/mol. The summed E-state index contributed by atoms with van der Waals surface area (Å²) in [5.41, 5.74) is 5.27. The lowest BCUT2D eigenvalue weighted by Crippen LogP contribution is -2.28. The summed E-state index contributed by atoms with van der Waals surface area (Å²) in [6, 6.07) is 9.45. The Morgan fingerprint density at radius 1 is 1.40 bits per heavy atom. The van der Waals surface area contributed by atoms with Crippen LogP contribution in [-0.2, 0) is 4.79 Å². The van der Waals surface area contributed by atoms with Crippen molar-refractivity contribution in [2.75, 3.05) is 6.61 Å². The van der Waals surface area contributed by atoms with E-state index in [1.807, 2.05) is 37.3 Å². The Bertz CT molecular complexity index is 298. The third kappa shape index (κ3) is 4.02. The fourth-order valence-electron chi connectivity index (χ4n) is 1.37. The highest BCUT2D eigenvalue weighted by molar-refractivity contribution is 5.76. The van der Waals surface area contributed by atoms with Gasteiger partial charge in [-0.1, -0.05) is 31.5 Å². The molecule has 2 N–H and O–H groups in total. The van der Waals surface area contributed by atoms with Crippen molar-refractivity contribution in [3.05, 3.63) is 30.3 Å². The van der Waals surface area contributed by atoms with Crippen LogP contribution < -0.4 is 10.5 Å². The molecule has 0 saturated heterocycles. The number of carbonyl (C=O) groups excluding carboxylic acids is 1. The summed E-state index contributed by atoms with van der Waals surface area (Å²) < 4.78 is 5.48. The summed E-state index contributed by atoms with van der Waals surface area (Å²) >= 11 is 0. The molecule has 1 atom stereocenters. The molecule has 1 rings (SSSR count). The lowest BCUT2D eigenvalue weighted by Gasteiger charge is -2.13. The van der Waals surface area contributed by atoms with E-state index in [0.29, 0.717) is 6.61 Å². The van der Waals surface area contributed by atoms with Gasteiger partial charge in [0, 0.05) is 0 Å². The number of para-hydroxylation sites is 1. The van der Waals surface area contributed by atoms with Gasteiger partial charge in [0.25, 0.3) is 0 Å². The Hall–Kier alpha value is -1.51. The van der Waals surface area contributed by atoms with E-state index in [1.165, 1.54) is 0 Å². The third-order valence-corrected chi connectivity index (χ3v) is 2.23. The van der Waals surface area contributed by atoms with E-state index in [4.69, 9.17) is 10.5 Å². The van der Waals surface area contributed by atoms with Crippen molar-refractivity contribution in [3.63, 3.8) is 0 Å². The van der Waals surface area contributed by atoms with Crippen molar-refractivity contribution < 1.29 is 9.53 Å². The van der Waals surface area contributed by atoms with E-state index in [9.17, 15) is 4.79 Å². The van der Waals surface area contributed by atoms with E-state index in [1.54, 1.807) is 0 Å². The molecule has 0 aliphatic carbocycles. The van der Waals surface area contributed by atoms with Gasteiger partial charge in [0.15, 0.2) is 0 Å². The quantitative estimate of drug-likeness (QED) is 0.775. The van der Waals surface area contributed by atoms with Crippen LogP contribution in [0, 0.1) is 5.92 Å². The summed E-state index contributed by atoms with van der Waals surface area (Å²) in [5.74, 6) is 0.308. The van der Waals surface area contributed by atoms with E-state index in [0.717, 1.165) is 18.6 Å². The van der Waals surface area contributed by atoms with Crippen molar-refractivity contribution in [2.24, 2.45) is 11.7 Å². The summed E-state index contributed by atoms with van der Waals surface area (Å²) in [7, 11) is 0. The third-order valence-electron chi connectivity index (χ3n) is 2.23. The zero-order chi connectivity index (χ0) is 11.1. The molecule has 0 heterocycles. The van der Waals surface area contributed by atoms with Gasteiger partial charge in [-0.15, -0.1) is 0 Å². The molecular formula is C12H17NO2. The van der Waals surface area contributed by atoms with E-state index in [2.05, 4.69) is 0 Å². The predicted molar refractivity (Wildman–Crippen MR) is 59.5 cm³/mol. The standard InChI is InChI=1S/C12H17NO2/c1-2-6-10(12(13)14)9-15-11-7-4-3-5-8-11/h3-5,7-8,10H,2,6,9H2,1H3,(H2,13,14). The van der Waals surface area contributed by atoms with Gasteiger partial charge in [0.1, 0.15) is 5.75 Å². The van der Waals surface area contributed by atoms with Crippen LogP contribution >= 0.6 is 0 Å². The van der Waals surface area contributed by atoms with Crippen LogP contribution in [0.1, 0.15) is 19.8 Å². The highest BCUT2D eigenvalue weighted by atomic mass is 16.5. The van der Waals surface area contributed by atoms with Crippen molar-refractivity contribution in [1.82, 2.24) is 0 Å². The molecule has 15 heavy (non-hydrogen) atoms. The fraction of sp³-hybridized carbons (Fsp3) is 0.417. The Kier molecular flexibility index (Phi) is 4.68. The summed E-state index contributed by atoms with van der Waals surface area (Å²) in [6.07, 6.45) is 1.72. The molecule has 82 valence electrons. The van der Waals surface area contributed by atoms with Crippen LogP contribution in [0.5, 0.6) is 5.75 Å². The second kappa shape index (κ2) is 6.06. The van der Waals surface area contributed by atoms with E-state index < -0.39 is 0 Å². The predicted octanol–water partition coefficient (Wildman–Crippen LogP) is 1.97. The maximum Gasteiger partial charge on any atom is 0.223 e. The Morgan fingerprint density at radius 2 is 2.07 bits per heavy atom. The molecule has 0 aliphatic rings. The van der Waals surface area contributed by atoms with Crippen LogP contribution in [0.3, 0.4) is 0 Å². The van der Waals surface area contributed by atoms with Gasteiger partial charge >= 0.3 is 0 Å². The van der Waals surface area contributed by atoms with Crippen LogP contribution in [0.15, 0.2) is 30.3 Å². The number of rotatable bonds is 6. The zero-order valence-corrected chi connectivity index (χ0v) is 8.98. The number of benzene rings is 1. The van der Waals surface area contributed by atoms with Crippen LogP contribution in [0.2, 0.25) is 0 Å². The molecule has 1 amide bonds. The second-order valence-electron chi connectivity index (χ2n) is 3.51. The van der Waals surface area contributed by atoms with Crippen LogP contribution in [0.4, 0.5) is 0 Å². The van der Waals surface area contributed by atoms with E-state index in [-0.39, 0.29) is 11.8 Å². The average Bonchev–Trinajstić information content (AvgIpc) is 2.25. The first-order valence-electron chi connectivity index (χ1n) is 5.21. The molecule has 1 aromatic carbocycles. The minimum Gasteiger partial charge on any atom is -0.493 e. The van der Waals surface area contributed by atoms with Crippen molar-refractivity contribution in [1.29, 1.82) is 0 Å². The molecule has 0 spiro atoms. The number of amides is 1. The van der Waals surface area contributed by atoms with Gasteiger partial charge in [-0.3, -0.25) is 4.79 Å². The molecule has 0 bridgehead atoms. The highest BCUT2D eigenvalue weighted by Gasteiger charge is 2.14. The molecule has 0 radical (unpaired) electrons. The Balaban J connectivity index is 2.43. The molecule has 1 aromatic rings. The van der Waals surface area contributed by atoms with E-state index >= 15 is 0 Å². The minimum atomic E-state index is -0.284. The van der Waals surface area contributed by atoms with Crippen LogP contribution in [0.25, 0.3) is 0 Å². The summed E-state index contributed by atoms with van der Waals surface area (Å²) in [5, 5.41) is 0. The first-order valence-corrected chi connectivity index (χ1v) is 5.21. The van der Waals surface area contributed by atoms with Crippen molar-refractivity contribution in [3.8, 4) is 5.75 Å². The van der Waals surface area contributed by atoms with Gasteiger partial charge in [-0.05, 0) is 18.6 Å². The second-order valence-corrected chi connectivity index (χ2v) is 3.51. The maximum atomic E-state index is 11.1. The van der Waals surface area contributed by atoms with Gasteiger partial charge in [0.2, 0.25) is 5.91 Å².